The Morgan fingerprint density at radius 3 is 2.42 bits per heavy atom. The third kappa shape index (κ3) is 4.12. The number of benzene rings is 1. The van der Waals surface area contributed by atoms with Gasteiger partial charge in [0.05, 0.1) is 25.2 Å². The van der Waals surface area contributed by atoms with Gasteiger partial charge in [-0.15, -0.1) is 11.3 Å². The number of nitrogens with one attached hydrogen (secondary N) is 1. The molecule has 0 bridgehead atoms. The van der Waals surface area contributed by atoms with Crippen LogP contribution in [0.15, 0.2) is 29.6 Å². The molecule has 1 aliphatic carbocycles. The van der Waals surface area contributed by atoms with E-state index in [0.717, 1.165) is 36.1 Å². The third-order valence-electron chi connectivity index (χ3n) is 4.74. The molecule has 1 heterocycles. The Labute approximate surface area is 158 Å². The predicted molar refractivity (Wildman–Crippen MR) is 103 cm³/mol. The number of hydrogen-bond acceptors (Lipinski definition) is 5. The molecule has 1 amide bonds. The zero-order valence-corrected chi connectivity index (χ0v) is 16.2. The maximum Gasteiger partial charge on any atom is 0.261 e. The van der Waals surface area contributed by atoms with E-state index in [1.807, 2.05) is 36.6 Å². The second-order valence-corrected chi connectivity index (χ2v) is 7.41. The quantitative estimate of drug-likeness (QED) is 0.822. The van der Waals surface area contributed by atoms with Crippen LogP contribution in [-0.4, -0.2) is 32.3 Å². The number of carbonyl (C=O) groups excluding carboxylic acids is 1. The molecule has 0 unspecified atom stereocenters. The Balaban J connectivity index is 1.54. The van der Waals surface area contributed by atoms with Crippen molar-refractivity contribution in [3.63, 3.8) is 0 Å². The van der Waals surface area contributed by atoms with Gasteiger partial charge in [0.15, 0.2) is 11.5 Å². The van der Waals surface area contributed by atoms with Crippen molar-refractivity contribution in [3.05, 3.63) is 40.1 Å². The largest absolute Gasteiger partial charge is 0.493 e. The molecule has 1 aromatic carbocycles. The Bertz CT molecular complexity index is 750. The standard InChI is InChI=1S/C20H25NO4S/c1-13-11-12-26-19(13)20(22)21-14-7-9-15(10-8-14)25-17-6-4-5-16(23-2)18(17)24-3/h4-6,11-12,14-15H,7-10H2,1-3H3,(H,21,22). The summed E-state index contributed by atoms with van der Waals surface area (Å²) in [5.41, 5.74) is 1.04. The van der Waals surface area contributed by atoms with Gasteiger partial charge in [-0.05, 0) is 61.7 Å². The highest BCUT2D eigenvalue weighted by molar-refractivity contribution is 7.12. The van der Waals surface area contributed by atoms with E-state index in [-0.39, 0.29) is 18.1 Å². The third-order valence-corrected chi connectivity index (χ3v) is 5.75. The van der Waals surface area contributed by atoms with Crippen LogP contribution in [0.25, 0.3) is 0 Å². The van der Waals surface area contributed by atoms with Gasteiger partial charge in [0.1, 0.15) is 0 Å². The lowest BCUT2D eigenvalue weighted by Gasteiger charge is -2.30. The zero-order valence-electron chi connectivity index (χ0n) is 15.4. The van der Waals surface area contributed by atoms with Crippen molar-refractivity contribution >= 4 is 17.2 Å². The van der Waals surface area contributed by atoms with E-state index >= 15 is 0 Å². The molecule has 1 N–H and O–H groups in total. The minimum atomic E-state index is 0.0383. The fourth-order valence-corrected chi connectivity index (χ4v) is 4.14. The molecule has 0 radical (unpaired) electrons. The van der Waals surface area contributed by atoms with Crippen LogP contribution >= 0.6 is 11.3 Å². The van der Waals surface area contributed by atoms with Gasteiger partial charge in [0.2, 0.25) is 5.75 Å². The molecule has 3 rings (SSSR count). The molecule has 0 spiro atoms. The van der Waals surface area contributed by atoms with E-state index in [0.29, 0.717) is 17.2 Å². The number of para-hydroxylation sites is 1. The maximum atomic E-state index is 12.4. The Morgan fingerprint density at radius 2 is 1.81 bits per heavy atom. The number of aryl methyl sites for hydroxylation is 1. The van der Waals surface area contributed by atoms with Crippen LogP contribution in [-0.2, 0) is 0 Å². The van der Waals surface area contributed by atoms with Crippen LogP contribution < -0.4 is 19.5 Å². The van der Waals surface area contributed by atoms with Gasteiger partial charge in [-0.3, -0.25) is 4.79 Å². The van der Waals surface area contributed by atoms with E-state index in [9.17, 15) is 4.79 Å². The number of ether oxygens (including phenoxy) is 3. The molecular formula is C20H25NO4S. The first kappa shape index (κ1) is 18.6. The summed E-state index contributed by atoms with van der Waals surface area (Å²) in [6, 6.07) is 7.83. The summed E-state index contributed by atoms with van der Waals surface area (Å²) in [6.45, 7) is 1.97. The Hall–Kier alpha value is -2.21. The molecule has 1 fully saturated rings. The van der Waals surface area contributed by atoms with Crippen molar-refractivity contribution in [1.29, 1.82) is 0 Å². The molecule has 5 nitrogen and oxygen atoms in total. The number of hydrogen-bond donors (Lipinski definition) is 1. The lowest BCUT2D eigenvalue weighted by molar-refractivity contribution is 0.0894. The van der Waals surface area contributed by atoms with Crippen LogP contribution in [0, 0.1) is 6.92 Å². The number of carbonyl (C=O) groups is 1. The van der Waals surface area contributed by atoms with Crippen LogP contribution in [0.5, 0.6) is 17.2 Å². The minimum Gasteiger partial charge on any atom is -0.493 e. The lowest BCUT2D eigenvalue weighted by atomic mass is 9.92. The van der Waals surface area contributed by atoms with Crippen molar-refractivity contribution in [3.8, 4) is 17.2 Å². The van der Waals surface area contributed by atoms with E-state index in [2.05, 4.69) is 5.32 Å². The summed E-state index contributed by atoms with van der Waals surface area (Å²) >= 11 is 1.49. The van der Waals surface area contributed by atoms with Crippen molar-refractivity contribution in [2.24, 2.45) is 0 Å². The topological polar surface area (TPSA) is 56.8 Å². The van der Waals surface area contributed by atoms with Crippen molar-refractivity contribution in [2.75, 3.05) is 14.2 Å². The summed E-state index contributed by atoms with van der Waals surface area (Å²) in [4.78, 5) is 13.2. The molecule has 0 aliphatic heterocycles. The molecule has 1 aromatic heterocycles. The van der Waals surface area contributed by atoms with E-state index < -0.39 is 0 Å². The van der Waals surface area contributed by atoms with Gasteiger partial charge in [0.25, 0.3) is 5.91 Å². The van der Waals surface area contributed by atoms with E-state index in [1.165, 1.54) is 11.3 Å². The van der Waals surface area contributed by atoms with Crippen molar-refractivity contribution in [2.45, 2.75) is 44.8 Å². The molecule has 1 aliphatic rings. The molecule has 6 heteroatoms. The van der Waals surface area contributed by atoms with Gasteiger partial charge < -0.3 is 19.5 Å². The minimum absolute atomic E-state index is 0.0383. The highest BCUT2D eigenvalue weighted by atomic mass is 32.1. The van der Waals surface area contributed by atoms with E-state index in [4.69, 9.17) is 14.2 Å². The second-order valence-electron chi connectivity index (χ2n) is 6.49. The number of rotatable bonds is 6. The first-order chi connectivity index (χ1) is 12.6. The molecular weight excluding hydrogens is 350 g/mol. The van der Waals surface area contributed by atoms with Crippen LogP contribution in [0.1, 0.15) is 40.9 Å². The molecule has 2 aromatic rings. The van der Waals surface area contributed by atoms with Gasteiger partial charge in [0, 0.05) is 6.04 Å². The SMILES string of the molecule is COc1cccc(OC2CCC(NC(=O)c3sccc3C)CC2)c1OC. The average Bonchev–Trinajstić information content (AvgIpc) is 3.09. The van der Waals surface area contributed by atoms with Crippen LogP contribution in [0.4, 0.5) is 0 Å². The molecule has 1 saturated carbocycles. The first-order valence-electron chi connectivity index (χ1n) is 8.85. The van der Waals surface area contributed by atoms with Gasteiger partial charge >= 0.3 is 0 Å². The normalized spacial score (nSPS) is 19.7. The molecule has 26 heavy (non-hydrogen) atoms. The monoisotopic (exact) mass is 375 g/mol. The number of methoxy groups -OCH3 is 2. The van der Waals surface area contributed by atoms with Crippen molar-refractivity contribution < 1.29 is 19.0 Å². The number of amides is 1. The predicted octanol–water partition coefficient (Wildman–Crippen LogP) is 4.19. The fourth-order valence-electron chi connectivity index (χ4n) is 3.31. The molecule has 140 valence electrons. The molecule has 0 saturated heterocycles. The highest BCUT2D eigenvalue weighted by Crippen LogP contribution is 2.38. The van der Waals surface area contributed by atoms with E-state index in [1.54, 1.807) is 14.2 Å². The van der Waals surface area contributed by atoms with Crippen LogP contribution in [0.3, 0.4) is 0 Å². The van der Waals surface area contributed by atoms with Crippen molar-refractivity contribution in [1.82, 2.24) is 5.32 Å². The second kappa shape index (κ2) is 8.45. The summed E-state index contributed by atoms with van der Waals surface area (Å²) < 4.78 is 16.9. The summed E-state index contributed by atoms with van der Waals surface area (Å²) in [6.07, 6.45) is 3.73. The first-order valence-corrected chi connectivity index (χ1v) is 9.73. The summed E-state index contributed by atoms with van der Waals surface area (Å²) in [7, 11) is 3.23. The van der Waals surface area contributed by atoms with Gasteiger partial charge in [-0.25, -0.2) is 0 Å². The highest BCUT2D eigenvalue weighted by Gasteiger charge is 2.25. The smallest absolute Gasteiger partial charge is 0.261 e. The summed E-state index contributed by atoms with van der Waals surface area (Å²) in [5, 5.41) is 5.11. The van der Waals surface area contributed by atoms with Gasteiger partial charge in [-0.1, -0.05) is 6.07 Å². The average molecular weight is 375 g/mol. The fraction of sp³-hybridized carbons (Fsp3) is 0.450. The maximum absolute atomic E-state index is 12.4. The Kier molecular flexibility index (Phi) is 6.04. The lowest BCUT2D eigenvalue weighted by Crippen LogP contribution is -2.39. The summed E-state index contributed by atoms with van der Waals surface area (Å²) in [5.74, 6) is 2.03. The van der Waals surface area contributed by atoms with Crippen LogP contribution in [0.2, 0.25) is 0 Å². The Morgan fingerprint density at radius 1 is 1.08 bits per heavy atom. The molecule has 0 atom stereocenters. The number of thiophene rings is 1. The van der Waals surface area contributed by atoms with Gasteiger partial charge in [-0.2, -0.15) is 0 Å². The zero-order chi connectivity index (χ0) is 18.5.